The summed E-state index contributed by atoms with van der Waals surface area (Å²) in [4.78, 5) is 87.3. The molecule has 2 aromatic heterocycles. The summed E-state index contributed by atoms with van der Waals surface area (Å²) in [5.74, 6) is -1.20. The van der Waals surface area contributed by atoms with E-state index in [1.165, 1.54) is 13.8 Å². The predicted octanol–water partition coefficient (Wildman–Crippen LogP) is -0.784. The van der Waals surface area contributed by atoms with Gasteiger partial charge in [0.15, 0.2) is 22.8 Å². The molecule has 29 heteroatoms. The van der Waals surface area contributed by atoms with E-state index in [-0.39, 0.29) is 48.0 Å². The van der Waals surface area contributed by atoms with Gasteiger partial charge in [-0.25, -0.2) is 28.6 Å². The first-order chi connectivity index (χ1) is 25.9. The van der Waals surface area contributed by atoms with Crippen LogP contribution in [0.15, 0.2) is 12.7 Å². The quantitative estimate of drug-likeness (QED) is 0.0483. The molecule has 3 rings (SSSR count). The Morgan fingerprint density at radius 1 is 1.04 bits per heavy atom. The number of aliphatic hydroxyl groups excluding tert-OH is 3. The van der Waals surface area contributed by atoms with Crippen LogP contribution in [0.4, 0.5) is 5.82 Å². The molecule has 1 fully saturated rings. The Balaban J connectivity index is 1.48. The minimum Gasteiger partial charge on any atom is -0.393 e. The number of nitrogens with two attached hydrogens (primary N) is 1. The fourth-order valence-corrected chi connectivity index (χ4v) is 8.38. The van der Waals surface area contributed by atoms with Crippen molar-refractivity contribution in [3.05, 3.63) is 12.7 Å². The van der Waals surface area contributed by atoms with Crippen LogP contribution < -0.4 is 16.4 Å². The topological polar surface area (TPSA) is 384 Å². The lowest BCUT2D eigenvalue weighted by Gasteiger charge is -2.30. The van der Waals surface area contributed by atoms with Crippen molar-refractivity contribution in [1.29, 1.82) is 0 Å². The zero-order chi connectivity index (χ0) is 42.1. The molecule has 1 aliphatic heterocycles. The van der Waals surface area contributed by atoms with E-state index < -0.39 is 90.7 Å². The molecule has 0 bridgehead atoms. The van der Waals surface area contributed by atoms with Crippen LogP contribution in [-0.4, -0.2) is 134 Å². The van der Waals surface area contributed by atoms with Gasteiger partial charge in [-0.3, -0.25) is 32.5 Å². The van der Waals surface area contributed by atoms with Crippen molar-refractivity contribution in [3.63, 3.8) is 0 Å². The Morgan fingerprint density at radius 2 is 1.71 bits per heavy atom. The van der Waals surface area contributed by atoms with Crippen molar-refractivity contribution < 1.29 is 85.6 Å². The highest BCUT2D eigenvalue weighted by atomic mass is 32.2. The van der Waals surface area contributed by atoms with E-state index in [0.717, 1.165) is 29.0 Å². The number of hydrogen-bond acceptors (Lipinski definition) is 19. The molecule has 0 aromatic carbocycles. The van der Waals surface area contributed by atoms with Crippen LogP contribution >= 0.6 is 35.2 Å². The lowest BCUT2D eigenvalue weighted by atomic mass is 9.87. The summed E-state index contributed by atoms with van der Waals surface area (Å²) in [7, 11) is -16.4. The number of hydrogen-bond donors (Lipinski definition) is 10. The number of phosphoric acid groups is 3. The number of thioether (sulfide) groups is 1. The molecular formula is C27H46N7O18P3S. The summed E-state index contributed by atoms with van der Waals surface area (Å²) in [5.41, 5.74) is 4.24. The third-order valence-corrected chi connectivity index (χ3v) is 12.0. The van der Waals surface area contributed by atoms with E-state index in [4.69, 9.17) is 19.5 Å². The maximum absolute atomic E-state index is 12.7. The van der Waals surface area contributed by atoms with Gasteiger partial charge in [0.25, 0.3) is 0 Å². The number of imidazole rings is 1. The van der Waals surface area contributed by atoms with Gasteiger partial charge >= 0.3 is 23.5 Å². The van der Waals surface area contributed by atoms with Crippen LogP contribution in [0.1, 0.15) is 52.7 Å². The highest BCUT2D eigenvalue weighted by Crippen LogP contribution is 2.61. The zero-order valence-corrected chi connectivity index (χ0v) is 33.7. The second-order valence-corrected chi connectivity index (χ2v) is 18.3. The van der Waals surface area contributed by atoms with Gasteiger partial charge in [0.05, 0.1) is 25.6 Å². The van der Waals surface area contributed by atoms with Gasteiger partial charge in [0.1, 0.15) is 36.3 Å². The first-order valence-corrected chi connectivity index (χ1v) is 22.2. The van der Waals surface area contributed by atoms with E-state index in [1.807, 2.05) is 0 Å². The molecule has 0 spiro atoms. The number of rotatable bonds is 23. The smallest absolute Gasteiger partial charge is 0.393 e. The summed E-state index contributed by atoms with van der Waals surface area (Å²) in [6, 6.07) is 0. The first kappa shape index (κ1) is 47.9. The minimum atomic E-state index is -5.57. The lowest BCUT2D eigenvalue weighted by molar-refractivity contribution is -0.137. The summed E-state index contributed by atoms with van der Waals surface area (Å²) in [6.07, 6.45) is -6.42. The number of phosphoric ester groups is 3. The fourth-order valence-electron chi connectivity index (χ4n) is 4.86. The maximum Gasteiger partial charge on any atom is 0.481 e. The number of amides is 2. The zero-order valence-electron chi connectivity index (χ0n) is 30.2. The van der Waals surface area contributed by atoms with Gasteiger partial charge in [-0.15, -0.1) is 0 Å². The number of aromatic nitrogens is 4. The predicted molar refractivity (Wildman–Crippen MR) is 193 cm³/mol. The van der Waals surface area contributed by atoms with Crippen LogP contribution in [-0.2, 0) is 50.7 Å². The Morgan fingerprint density at radius 3 is 2.38 bits per heavy atom. The second-order valence-electron chi connectivity index (χ2n) is 12.9. The first-order valence-electron chi connectivity index (χ1n) is 16.7. The van der Waals surface area contributed by atoms with Gasteiger partial charge in [-0.2, -0.15) is 4.31 Å². The molecule has 1 aliphatic rings. The average molecular weight is 882 g/mol. The van der Waals surface area contributed by atoms with E-state index in [1.54, 1.807) is 6.92 Å². The van der Waals surface area contributed by atoms with Crippen molar-refractivity contribution >= 4 is 69.1 Å². The molecule has 11 N–H and O–H groups in total. The monoisotopic (exact) mass is 881 g/mol. The summed E-state index contributed by atoms with van der Waals surface area (Å²) < 4.78 is 62.0. The maximum atomic E-state index is 12.7. The second kappa shape index (κ2) is 20.5. The summed E-state index contributed by atoms with van der Waals surface area (Å²) >= 11 is 1.01. The summed E-state index contributed by atoms with van der Waals surface area (Å²) in [6.45, 7) is 2.21. The number of carbonyl (C=O) groups excluding carboxylic acids is 3. The molecule has 2 aromatic rings. The van der Waals surface area contributed by atoms with Crippen LogP contribution in [0.25, 0.3) is 11.2 Å². The Hall–Kier alpha value is -2.48. The Kier molecular flexibility index (Phi) is 17.5. The van der Waals surface area contributed by atoms with Crippen molar-refractivity contribution in [3.8, 4) is 0 Å². The third kappa shape index (κ3) is 14.7. The standard InChI is InChI=1S/C27H46N7O18P3S/c1-4-15(35)5-6-18(37)56-10-9-29-17(36)7-8-30-25(40)22(39)27(2,3)12-49-55(46,47)52-54(44,45)48-11-16-21(51-53(41,42)43)20(38)26(50-16)34-14-33-19-23(28)31-13-32-24(19)34/h13-16,20-22,26,35,38-39H,4-12H2,1-3H3,(H,29,36)(H,30,40)(H,44,45)(H,46,47)(H2,28,31,32)(H2,41,42,43)/t15?,16-,20-,21-,22+,26-/m1/s1. The molecular weight excluding hydrogens is 835 g/mol. The number of nitrogens with one attached hydrogen (secondary N) is 2. The number of fused-ring (bicyclic) bond motifs is 1. The average Bonchev–Trinajstić information content (AvgIpc) is 3.66. The van der Waals surface area contributed by atoms with Gasteiger partial charge in [0.2, 0.25) is 11.8 Å². The SMILES string of the molecule is CCC(O)CCC(=O)SCCNC(=O)CCNC(=O)[C@H](O)C(C)(C)COP(=O)(O)OP(=O)(O)OC[C@H]1O[C@@H](n2cnc3c(N)ncnc32)[C@H](O)[C@@H]1OP(=O)(O)O. The normalized spacial score (nSPS) is 22.2. The molecule has 2 amide bonds. The molecule has 25 nitrogen and oxygen atoms in total. The highest BCUT2D eigenvalue weighted by Gasteiger charge is 2.50. The number of anilines is 1. The van der Waals surface area contributed by atoms with E-state index in [9.17, 15) is 63.0 Å². The molecule has 3 heterocycles. The largest absolute Gasteiger partial charge is 0.481 e. The van der Waals surface area contributed by atoms with Gasteiger partial charge in [-0.05, 0) is 12.8 Å². The fraction of sp³-hybridized carbons (Fsp3) is 0.704. The molecule has 1 saturated heterocycles. The van der Waals surface area contributed by atoms with E-state index in [2.05, 4.69) is 34.4 Å². The number of nitrogen functional groups attached to an aromatic ring is 1. The van der Waals surface area contributed by atoms with Crippen molar-refractivity contribution in [2.24, 2.45) is 5.41 Å². The molecule has 318 valence electrons. The van der Waals surface area contributed by atoms with Crippen LogP contribution in [0.5, 0.6) is 0 Å². The Labute approximate surface area is 323 Å². The molecule has 3 unspecified atom stereocenters. The molecule has 56 heavy (non-hydrogen) atoms. The minimum absolute atomic E-state index is 0.0268. The van der Waals surface area contributed by atoms with Crippen LogP contribution in [0.2, 0.25) is 0 Å². The van der Waals surface area contributed by atoms with E-state index >= 15 is 0 Å². The van der Waals surface area contributed by atoms with Crippen molar-refractivity contribution in [2.45, 2.75) is 83.2 Å². The highest BCUT2D eigenvalue weighted by molar-refractivity contribution is 8.13. The number of aliphatic hydroxyl groups is 3. The number of ether oxygens (including phenoxy) is 1. The Bertz CT molecular complexity index is 1820. The lowest BCUT2D eigenvalue weighted by Crippen LogP contribution is -2.46. The van der Waals surface area contributed by atoms with Crippen molar-refractivity contribution in [2.75, 3.05) is 37.8 Å². The number of carbonyl (C=O) groups is 3. The summed E-state index contributed by atoms with van der Waals surface area (Å²) in [5, 5.41) is 35.7. The third-order valence-electron chi connectivity index (χ3n) is 7.92. The van der Waals surface area contributed by atoms with Gasteiger partial charge < -0.3 is 56.0 Å². The molecule has 0 radical (unpaired) electrons. The molecule has 0 aliphatic carbocycles. The van der Waals surface area contributed by atoms with E-state index in [0.29, 0.717) is 18.6 Å². The van der Waals surface area contributed by atoms with Crippen molar-refractivity contribution in [1.82, 2.24) is 30.2 Å². The molecule has 0 saturated carbocycles. The molecule has 8 atom stereocenters. The van der Waals surface area contributed by atoms with Gasteiger partial charge in [0, 0.05) is 37.1 Å². The van der Waals surface area contributed by atoms with Crippen LogP contribution in [0.3, 0.4) is 0 Å². The number of nitrogens with zero attached hydrogens (tertiary/aromatic N) is 4. The van der Waals surface area contributed by atoms with Crippen LogP contribution in [0, 0.1) is 5.41 Å². The van der Waals surface area contributed by atoms with Gasteiger partial charge in [-0.1, -0.05) is 32.5 Å².